The molecule has 0 radical (unpaired) electrons. The van der Waals surface area contributed by atoms with Crippen LogP contribution in [-0.2, 0) is 11.2 Å². The first-order valence-corrected chi connectivity index (χ1v) is 6.10. The van der Waals surface area contributed by atoms with Crippen LogP contribution in [0.1, 0.15) is 5.56 Å². The molecule has 1 N–H and O–H groups in total. The maximum absolute atomic E-state index is 13.0. The van der Waals surface area contributed by atoms with Gasteiger partial charge in [0.1, 0.15) is 5.82 Å². The molecule has 4 heteroatoms. The zero-order valence-electron chi connectivity index (χ0n) is 10.5. The van der Waals surface area contributed by atoms with E-state index in [1.54, 1.807) is 30.7 Å². The van der Waals surface area contributed by atoms with Crippen molar-refractivity contribution in [2.45, 2.75) is 6.42 Å². The van der Waals surface area contributed by atoms with Gasteiger partial charge in [0.05, 0.1) is 18.9 Å². The number of carbonyl (C=O) groups is 1. The molecule has 0 bridgehead atoms. The summed E-state index contributed by atoms with van der Waals surface area (Å²) < 4.78 is 18.1. The van der Waals surface area contributed by atoms with Crippen LogP contribution < -0.4 is 0 Å². The lowest BCUT2D eigenvalue weighted by atomic mass is 10.0. The molecule has 1 heterocycles. The monoisotopic (exact) mass is 270 g/mol. The van der Waals surface area contributed by atoms with Crippen molar-refractivity contribution in [3.8, 4) is 22.3 Å². The van der Waals surface area contributed by atoms with Crippen LogP contribution in [-0.4, -0.2) is 11.1 Å². The van der Waals surface area contributed by atoms with E-state index in [0.29, 0.717) is 5.56 Å². The van der Waals surface area contributed by atoms with Crippen LogP contribution >= 0.6 is 0 Å². The van der Waals surface area contributed by atoms with Gasteiger partial charge in [-0.05, 0) is 46.5 Å². The minimum Gasteiger partial charge on any atom is -0.481 e. The number of benzene rings is 1. The standard InChI is InChI=1S/C16H11FO3/c17-12-3-1-10(2-4-12)14-7-11(8-16(18)19)15-9-20-6-5-13(14)15/h1-7,9H,8H2,(H,18,19). The van der Waals surface area contributed by atoms with Crippen molar-refractivity contribution >= 4 is 5.97 Å². The van der Waals surface area contributed by atoms with Crippen molar-refractivity contribution in [2.24, 2.45) is 0 Å². The molecule has 1 aliphatic heterocycles. The fourth-order valence-electron chi connectivity index (χ4n) is 2.36. The Kier molecular flexibility index (Phi) is 2.99. The summed E-state index contributed by atoms with van der Waals surface area (Å²) in [7, 11) is 0. The molecule has 0 atom stereocenters. The molecule has 3 nitrogen and oxygen atoms in total. The van der Waals surface area contributed by atoms with E-state index >= 15 is 0 Å². The van der Waals surface area contributed by atoms with E-state index in [0.717, 1.165) is 22.3 Å². The lowest BCUT2D eigenvalue weighted by Crippen LogP contribution is -1.99. The molecule has 0 spiro atoms. The second-order valence-electron chi connectivity index (χ2n) is 4.54. The van der Waals surface area contributed by atoms with Gasteiger partial charge in [0.25, 0.3) is 0 Å². The Bertz CT molecular complexity index is 728. The van der Waals surface area contributed by atoms with Crippen molar-refractivity contribution in [3.05, 3.63) is 60.3 Å². The van der Waals surface area contributed by atoms with E-state index in [-0.39, 0.29) is 12.2 Å². The van der Waals surface area contributed by atoms with Gasteiger partial charge in [-0.3, -0.25) is 4.79 Å². The SMILES string of the molecule is O=C(O)Cc1cc(-c2ccc(F)cc2)c2ccocc1-2. The average molecular weight is 270 g/mol. The highest BCUT2D eigenvalue weighted by atomic mass is 19.1. The first-order chi connectivity index (χ1) is 9.65. The van der Waals surface area contributed by atoms with Crippen LogP contribution in [0, 0.1) is 5.82 Å². The van der Waals surface area contributed by atoms with Crippen LogP contribution in [0.3, 0.4) is 0 Å². The highest BCUT2D eigenvalue weighted by molar-refractivity contribution is 5.90. The molecule has 0 saturated carbocycles. The Balaban J connectivity index is 2.15. The number of hydrogen-bond donors (Lipinski definition) is 1. The summed E-state index contributed by atoms with van der Waals surface area (Å²) in [5.74, 6) is -1.20. The number of carboxylic acid groups (broad SMARTS) is 1. The van der Waals surface area contributed by atoms with Crippen molar-refractivity contribution in [3.63, 3.8) is 0 Å². The minimum absolute atomic E-state index is 0.0722. The summed E-state index contributed by atoms with van der Waals surface area (Å²) in [6.45, 7) is 0. The van der Waals surface area contributed by atoms with Crippen molar-refractivity contribution in [1.29, 1.82) is 0 Å². The van der Waals surface area contributed by atoms with Crippen LogP contribution in [0.25, 0.3) is 22.3 Å². The summed E-state index contributed by atoms with van der Waals surface area (Å²) in [4.78, 5) is 10.9. The first kappa shape index (κ1) is 12.4. The van der Waals surface area contributed by atoms with Gasteiger partial charge in [-0.2, -0.15) is 0 Å². The molecule has 100 valence electrons. The van der Waals surface area contributed by atoms with Gasteiger partial charge >= 0.3 is 5.97 Å². The van der Waals surface area contributed by atoms with E-state index in [9.17, 15) is 9.18 Å². The maximum atomic E-state index is 13.0. The van der Waals surface area contributed by atoms with Gasteiger partial charge < -0.3 is 9.52 Å². The summed E-state index contributed by atoms with van der Waals surface area (Å²) in [5.41, 5.74) is 4.09. The molecule has 3 rings (SSSR count). The quantitative estimate of drug-likeness (QED) is 0.787. The van der Waals surface area contributed by atoms with Crippen molar-refractivity contribution < 1.29 is 18.7 Å². The summed E-state index contributed by atoms with van der Waals surface area (Å²) in [5, 5.41) is 8.96. The predicted octanol–water partition coefficient (Wildman–Crippen LogP) is 3.82. The fraction of sp³-hybridized carbons (Fsp3) is 0.0625. The van der Waals surface area contributed by atoms with E-state index < -0.39 is 5.97 Å². The normalized spacial score (nSPS) is 10.8. The number of hydrogen-bond acceptors (Lipinski definition) is 2. The molecule has 0 amide bonds. The van der Waals surface area contributed by atoms with E-state index in [2.05, 4.69) is 0 Å². The zero-order chi connectivity index (χ0) is 14.1. The van der Waals surface area contributed by atoms with Gasteiger partial charge in [-0.25, -0.2) is 4.39 Å². The molecule has 2 aliphatic rings. The molecular formula is C16H11FO3. The average Bonchev–Trinajstić information content (AvgIpc) is 2.78. The molecule has 0 aromatic heterocycles. The molecule has 1 aromatic rings. The molecule has 1 aliphatic carbocycles. The number of aliphatic carboxylic acids is 1. The number of rotatable bonds is 3. The smallest absolute Gasteiger partial charge is 0.307 e. The number of carboxylic acids is 1. The third-order valence-corrected chi connectivity index (χ3v) is 3.24. The number of fused-ring (bicyclic) bond motifs is 1. The van der Waals surface area contributed by atoms with Gasteiger partial charge in [-0.1, -0.05) is 12.1 Å². The Morgan fingerprint density at radius 3 is 2.55 bits per heavy atom. The van der Waals surface area contributed by atoms with E-state index in [1.165, 1.54) is 12.1 Å². The van der Waals surface area contributed by atoms with E-state index in [4.69, 9.17) is 9.52 Å². The minimum atomic E-state index is -0.897. The van der Waals surface area contributed by atoms with Crippen LogP contribution in [0.5, 0.6) is 0 Å². The van der Waals surface area contributed by atoms with Gasteiger partial charge in [0.2, 0.25) is 0 Å². The molecule has 0 unspecified atom stereocenters. The zero-order valence-corrected chi connectivity index (χ0v) is 10.5. The summed E-state index contributed by atoms with van der Waals surface area (Å²) in [6.07, 6.45) is 3.01. The molecule has 1 aromatic carbocycles. The summed E-state index contributed by atoms with van der Waals surface area (Å²) in [6, 6.07) is 9.75. The highest BCUT2D eigenvalue weighted by Gasteiger charge is 2.18. The van der Waals surface area contributed by atoms with Crippen molar-refractivity contribution in [1.82, 2.24) is 0 Å². The maximum Gasteiger partial charge on any atom is 0.307 e. The van der Waals surface area contributed by atoms with Gasteiger partial charge in [0.15, 0.2) is 0 Å². The molecule has 0 fully saturated rings. The third kappa shape index (κ3) is 2.16. The van der Waals surface area contributed by atoms with Crippen LogP contribution in [0.15, 0.2) is 53.3 Å². The van der Waals surface area contributed by atoms with Crippen LogP contribution in [0.2, 0.25) is 0 Å². The molecular weight excluding hydrogens is 259 g/mol. The van der Waals surface area contributed by atoms with Gasteiger partial charge in [-0.15, -0.1) is 0 Å². The largest absolute Gasteiger partial charge is 0.481 e. The number of halogens is 1. The second-order valence-corrected chi connectivity index (χ2v) is 4.54. The lowest BCUT2D eigenvalue weighted by Gasteiger charge is -2.04. The fourth-order valence-corrected chi connectivity index (χ4v) is 2.36. The first-order valence-electron chi connectivity index (χ1n) is 6.10. The Morgan fingerprint density at radius 1 is 1.10 bits per heavy atom. The Morgan fingerprint density at radius 2 is 1.85 bits per heavy atom. The Hall–Kier alpha value is -2.62. The molecule has 20 heavy (non-hydrogen) atoms. The third-order valence-electron chi connectivity index (χ3n) is 3.24. The Labute approximate surface area is 114 Å². The lowest BCUT2D eigenvalue weighted by molar-refractivity contribution is -0.136. The predicted molar refractivity (Wildman–Crippen MR) is 72.1 cm³/mol. The highest BCUT2D eigenvalue weighted by Crippen LogP contribution is 2.39. The second kappa shape index (κ2) is 4.81. The van der Waals surface area contributed by atoms with Crippen molar-refractivity contribution in [2.75, 3.05) is 0 Å². The topological polar surface area (TPSA) is 50.4 Å². The summed E-state index contributed by atoms with van der Waals surface area (Å²) >= 11 is 0. The molecule has 0 saturated heterocycles. The van der Waals surface area contributed by atoms with Crippen LogP contribution in [0.4, 0.5) is 4.39 Å². The van der Waals surface area contributed by atoms with Gasteiger partial charge in [0, 0.05) is 5.56 Å². The van der Waals surface area contributed by atoms with E-state index in [1.807, 2.05) is 6.07 Å².